The van der Waals surface area contributed by atoms with E-state index in [-0.39, 0.29) is 11.1 Å². The number of carboxylic acids is 2. The number of carboxylic acid groups (broad SMARTS) is 2. The van der Waals surface area contributed by atoms with Crippen LogP contribution < -0.4 is 5.73 Å². The number of nitrogens with zero attached hydrogens (tertiary/aromatic N) is 3. The standard InChI is InChI=1S/C9H8O4.C8H14N4/c1-5-2-6(8(10)11)4-7(3-5)9(12)13;1-11-3-2-8(6-11)12-5-7(9)4-10-12/h2-4H,1H3,(H,10,11)(H,12,13);4-5,8H,2-3,6,9H2,1H3. The maximum absolute atomic E-state index is 10.5. The lowest BCUT2D eigenvalue weighted by molar-refractivity contribution is 0.0696. The average molecular weight is 346 g/mol. The van der Waals surface area contributed by atoms with Gasteiger partial charge in [-0.1, -0.05) is 0 Å². The molecule has 2 heterocycles. The molecule has 0 spiro atoms. The summed E-state index contributed by atoms with van der Waals surface area (Å²) in [6.07, 6.45) is 4.79. The van der Waals surface area contributed by atoms with Crippen LogP contribution >= 0.6 is 0 Å². The lowest BCUT2D eigenvalue weighted by Crippen LogP contribution is -2.16. The Kier molecular flexibility index (Phi) is 5.76. The number of likely N-dealkylation sites (tertiary alicyclic amines) is 1. The highest BCUT2D eigenvalue weighted by Gasteiger charge is 2.21. The zero-order chi connectivity index (χ0) is 18.6. The number of rotatable bonds is 3. The second-order valence-electron chi connectivity index (χ2n) is 6.16. The van der Waals surface area contributed by atoms with Crippen LogP contribution in [0.5, 0.6) is 0 Å². The van der Waals surface area contributed by atoms with Crippen molar-refractivity contribution in [2.75, 3.05) is 25.9 Å². The highest BCUT2D eigenvalue weighted by molar-refractivity contribution is 5.94. The molecule has 1 unspecified atom stereocenters. The van der Waals surface area contributed by atoms with Gasteiger partial charge < -0.3 is 20.8 Å². The van der Waals surface area contributed by atoms with E-state index in [1.807, 2.05) is 10.9 Å². The molecule has 3 rings (SSSR count). The SMILES string of the molecule is CN1CCC(n2cc(N)cn2)C1.Cc1cc(C(=O)O)cc(C(=O)O)c1. The van der Waals surface area contributed by atoms with E-state index in [9.17, 15) is 9.59 Å². The molecule has 2 aromatic rings. The first-order chi connectivity index (χ1) is 11.8. The van der Waals surface area contributed by atoms with E-state index in [0.717, 1.165) is 24.8 Å². The number of likely N-dealkylation sites (N-methyl/N-ethyl adjacent to an activating group) is 1. The van der Waals surface area contributed by atoms with Gasteiger partial charge in [-0.15, -0.1) is 0 Å². The zero-order valence-corrected chi connectivity index (χ0v) is 14.2. The quantitative estimate of drug-likeness (QED) is 0.773. The molecule has 0 aliphatic carbocycles. The van der Waals surface area contributed by atoms with Crippen molar-refractivity contribution in [3.05, 3.63) is 47.3 Å². The molecule has 0 saturated carbocycles. The third kappa shape index (κ3) is 5.05. The fourth-order valence-electron chi connectivity index (χ4n) is 2.71. The number of hydrogen-bond acceptors (Lipinski definition) is 5. The first-order valence-corrected chi connectivity index (χ1v) is 7.82. The van der Waals surface area contributed by atoms with E-state index in [2.05, 4.69) is 17.0 Å². The fourth-order valence-corrected chi connectivity index (χ4v) is 2.71. The Morgan fingerprint density at radius 1 is 1.20 bits per heavy atom. The van der Waals surface area contributed by atoms with Gasteiger partial charge in [-0.05, 0) is 50.7 Å². The summed E-state index contributed by atoms with van der Waals surface area (Å²) < 4.78 is 1.97. The number of nitrogens with two attached hydrogens (primary N) is 1. The van der Waals surface area contributed by atoms with Gasteiger partial charge in [-0.25, -0.2) is 9.59 Å². The van der Waals surface area contributed by atoms with Crippen LogP contribution in [0.1, 0.15) is 38.7 Å². The summed E-state index contributed by atoms with van der Waals surface area (Å²) in [5.41, 5.74) is 6.96. The van der Waals surface area contributed by atoms with E-state index in [4.69, 9.17) is 15.9 Å². The van der Waals surface area contributed by atoms with Crippen LogP contribution in [0.25, 0.3) is 0 Å². The molecule has 0 bridgehead atoms. The average Bonchev–Trinajstić information content (AvgIpc) is 3.15. The van der Waals surface area contributed by atoms with Gasteiger partial charge in [0.1, 0.15) is 0 Å². The number of benzene rings is 1. The molecule has 1 saturated heterocycles. The van der Waals surface area contributed by atoms with Gasteiger partial charge in [0.05, 0.1) is 29.1 Å². The largest absolute Gasteiger partial charge is 0.478 e. The van der Waals surface area contributed by atoms with Crippen molar-refractivity contribution in [1.29, 1.82) is 0 Å². The predicted molar refractivity (Wildman–Crippen MR) is 92.9 cm³/mol. The van der Waals surface area contributed by atoms with Crippen molar-refractivity contribution in [3.63, 3.8) is 0 Å². The smallest absolute Gasteiger partial charge is 0.335 e. The Bertz CT molecular complexity index is 740. The van der Waals surface area contributed by atoms with Crippen molar-refractivity contribution in [2.24, 2.45) is 0 Å². The number of aromatic carboxylic acids is 2. The number of aromatic nitrogens is 2. The minimum atomic E-state index is -1.12. The Morgan fingerprint density at radius 2 is 1.80 bits per heavy atom. The Labute approximate surface area is 145 Å². The lowest BCUT2D eigenvalue weighted by Gasteiger charge is -2.10. The minimum absolute atomic E-state index is 0.00241. The summed E-state index contributed by atoms with van der Waals surface area (Å²) in [7, 11) is 2.13. The number of aryl methyl sites for hydroxylation is 1. The molecule has 1 fully saturated rings. The highest BCUT2D eigenvalue weighted by atomic mass is 16.4. The zero-order valence-electron chi connectivity index (χ0n) is 14.2. The molecule has 25 heavy (non-hydrogen) atoms. The Morgan fingerprint density at radius 3 is 2.20 bits per heavy atom. The van der Waals surface area contributed by atoms with Crippen molar-refractivity contribution < 1.29 is 19.8 Å². The van der Waals surface area contributed by atoms with E-state index in [1.54, 1.807) is 13.1 Å². The first kappa shape index (κ1) is 18.5. The molecule has 1 aromatic heterocycles. The Hall–Kier alpha value is -2.87. The molecular formula is C17H22N4O4. The molecule has 0 radical (unpaired) electrons. The van der Waals surface area contributed by atoms with Crippen LogP contribution in [0.15, 0.2) is 30.6 Å². The van der Waals surface area contributed by atoms with Crippen molar-refractivity contribution >= 4 is 17.6 Å². The van der Waals surface area contributed by atoms with E-state index in [0.29, 0.717) is 11.6 Å². The first-order valence-electron chi connectivity index (χ1n) is 7.82. The van der Waals surface area contributed by atoms with Crippen LogP contribution in [-0.2, 0) is 0 Å². The van der Waals surface area contributed by atoms with Gasteiger partial charge in [-0.2, -0.15) is 5.10 Å². The molecule has 1 atom stereocenters. The molecule has 4 N–H and O–H groups in total. The van der Waals surface area contributed by atoms with Crippen molar-refractivity contribution in [2.45, 2.75) is 19.4 Å². The molecule has 8 heteroatoms. The van der Waals surface area contributed by atoms with E-state index >= 15 is 0 Å². The number of carbonyl (C=O) groups is 2. The van der Waals surface area contributed by atoms with Gasteiger partial charge in [-0.3, -0.25) is 4.68 Å². The van der Waals surface area contributed by atoms with Gasteiger partial charge in [0.25, 0.3) is 0 Å². The van der Waals surface area contributed by atoms with Gasteiger partial charge >= 0.3 is 11.9 Å². The second kappa shape index (κ2) is 7.80. The van der Waals surface area contributed by atoms with Gasteiger partial charge in [0.15, 0.2) is 0 Å². The summed E-state index contributed by atoms with van der Waals surface area (Å²) in [4.78, 5) is 23.4. The third-order valence-corrected chi connectivity index (χ3v) is 3.93. The summed E-state index contributed by atoms with van der Waals surface area (Å²) in [6, 6.07) is 4.51. The second-order valence-corrected chi connectivity index (χ2v) is 6.16. The van der Waals surface area contributed by atoms with E-state index in [1.165, 1.54) is 18.6 Å². The number of nitrogen functional groups attached to an aromatic ring is 1. The van der Waals surface area contributed by atoms with E-state index < -0.39 is 11.9 Å². The minimum Gasteiger partial charge on any atom is -0.478 e. The molecule has 1 aromatic carbocycles. The summed E-state index contributed by atoms with van der Waals surface area (Å²) in [5.74, 6) is -2.24. The maximum atomic E-state index is 10.5. The molecule has 1 aliphatic rings. The monoisotopic (exact) mass is 346 g/mol. The molecule has 134 valence electrons. The Balaban J connectivity index is 0.000000181. The van der Waals surface area contributed by atoms with Gasteiger partial charge in [0.2, 0.25) is 0 Å². The topological polar surface area (TPSA) is 122 Å². The van der Waals surface area contributed by atoms with Gasteiger partial charge in [0, 0.05) is 12.7 Å². The number of hydrogen-bond donors (Lipinski definition) is 3. The van der Waals surface area contributed by atoms with Crippen molar-refractivity contribution in [3.8, 4) is 0 Å². The molecule has 0 amide bonds. The van der Waals surface area contributed by atoms with Crippen LogP contribution in [0.4, 0.5) is 5.69 Å². The van der Waals surface area contributed by atoms with Crippen LogP contribution in [0.2, 0.25) is 0 Å². The van der Waals surface area contributed by atoms with Crippen LogP contribution in [-0.4, -0.2) is 57.0 Å². The lowest BCUT2D eigenvalue weighted by atomic mass is 10.1. The van der Waals surface area contributed by atoms with Crippen LogP contribution in [0, 0.1) is 6.92 Å². The molecule has 8 nitrogen and oxygen atoms in total. The normalized spacial score (nSPS) is 17.0. The fraction of sp³-hybridized carbons (Fsp3) is 0.353. The summed E-state index contributed by atoms with van der Waals surface area (Å²) in [6.45, 7) is 3.89. The maximum Gasteiger partial charge on any atom is 0.335 e. The highest BCUT2D eigenvalue weighted by Crippen LogP contribution is 2.19. The molecular weight excluding hydrogens is 324 g/mol. The van der Waals surface area contributed by atoms with Crippen LogP contribution in [0.3, 0.4) is 0 Å². The summed E-state index contributed by atoms with van der Waals surface area (Å²) in [5, 5.41) is 21.4. The van der Waals surface area contributed by atoms with Crippen molar-refractivity contribution in [1.82, 2.24) is 14.7 Å². The third-order valence-electron chi connectivity index (χ3n) is 3.93. The molecule has 1 aliphatic heterocycles. The number of anilines is 1. The predicted octanol–water partition coefficient (Wildman–Crippen LogP) is 1.73. The summed E-state index contributed by atoms with van der Waals surface area (Å²) >= 11 is 0.